The summed E-state index contributed by atoms with van der Waals surface area (Å²) in [5, 5.41) is 3.31. The van der Waals surface area contributed by atoms with Gasteiger partial charge in [-0.25, -0.2) is 8.42 Å². The van der Waals surface area contributed by atoms with E-state index in [9.17, 15) is 18.0 Å². The van der Waals surface area contributed by atoms with Gasteiger partial charge in [0.15, 0.2) is 0 Å². The first-order chi connectivity index (χ1) is 12.3. The molecule has 3 rings (SSSR count). The number of amides is 1. The SMILES string of the molecule is COCC(=O)N[C@@H]1CCN(S(=O)(=O)c2cccc3c(=O)[nH]cc(Cl)c23)C1.Cl. The molecule has 11 heteroatoms. The monoisotopic (exact) mass is 435 g/mol. The minimum Gasteiger partial charge on any atom is -0.375 e. The van der Waals surface area contributed by atoms with Crippen molar-refractivity contribution in [3.8, 4) is 0 Å². The molecule has 1 aromatic carbocycles. The zero-order chi connectivity index (χ0) is 18.9. The fourth-order valence-electron chi connectivity index (χ4n) is 3.06. The van der Waals surface area contributed by atoms with Crippen LogP contribution >= 0.6 is 24.0 Å². The van der Waals surface area contributed by atoms with Gasteiger partial charge in [0.05, 0.1) is 9.92 Å². The Bertz CT molecular complexity index is 1010. The van der Waals surface area contributed by atoms with E-state index < -0.39 is 15.6 Å². The van der Waals surface area contributed by atoms with Crippen molar-refractivity contribution in [1.29, 1.82) is 0 Å². The zero-order valence-corrected chi connectivity index (χ0v) is 16.8. The average molecular weight is 436 g/mol. The van der Waals surface area contributed by atoms with Gasteiger partial charge in [-0.15, -0.1) is 12.4 Å². The molecule has 148 valence electrons. The van der Waals surface area contributed by atoms with Gasteiger partial charge >= 0.3 is 0 Å². The third-order valence-corrected chi connectivity index (χ3v) is 6.45. The molecular weight excluding hydrogens is 417 g/mol. The highest BCUT2D eigenvalue weighted by Crippen LogP contribution is 2.30. The Kier molecular flexibility index (Phi) is 6.87. The van der Waals surface area contributed by atoms with Gasteiger partial charge in [-0.05, 0) is 18.6 Å². The van der Waals surface area contributed by atoms with Crippen molar-refractivity contribution < 1.29 is 17.9 Å². The van der Waals surface area contributed by atoms with Crippen LogP contribution < -0.4 is 10.9 Å². The van der Waals surface area contributed by atoms with Crippen LogP contribution in [0.3, 0.4) is 0 Å². The number of nitrogens with zero attached hydrogens (tertiary/aromatic N) is 1. The number of hydrogen-bond donors (Lipinski definition) is 2. The lowest BCUT2D eigenvalue weighted by Crippen LogP contribution is -2.40. The van der Waals surface area contributed by atoms with E-state index in [1.165, 1.54) is 35.8 Å². The van der Waals surface area contributed by atoms with Crippen LogP contribution in [0.2, 0.25) is 5.02 Å². The van der Waals surface area contributed by atoms with Crippen LogP contribution in [0.1, 0.15) is 6.42 Å². The van der Waals surface area contributed by atoms with Gasteiger partial charge in [-0.2, -0.15) is 4.31 Å². The largest absolute Gasteiger partial charge is 0.375 e. The van der Waals surface area contributed by atoms with E-state index in [0.717, 1.165) is 0 Å². The maximum absolute atomic E-state index is 13.1. The molecule has 27 heavy (non-hydrogen) atoms. The van der Waals surface area contributed by atoms with Crippen LogP contribution in [0, 0.1) is 0 Å². The van der Waals surface area contributed by atoms with Crippen molar-refractivity contribution in [1.82, 2.24) is 14.6 Å². The number of carbonyl (C=O) groups is 1. The molecule has 0 unspecified atom stereocenters. The summed E-state index contributed by atoms with van der Waals surface area (Å²) in [4.78, 5) is 26.1. The van der Waals surface area contributed by atoms with E-state index in [1.54, 1.807) is 0 Å². The van der Waals surface area contributed by atoms with E-state index in [-0.39, 0.29) is 64.7 Å². The van der Waals surface area contributed by atoms with Gasteiger partial charge in [0.2, 0.25) is 15.9 Å². The summed E-state index contributed by atoms with van der Waals surface area (Å²) in [7, 11) is -2.46. The number of H-pyrrole nitrogens is 1. The molecule has 2 heterocycles. The molecule has 1 saturated heterocycles. The van der Waals surface area contributed by atoms with Crippen LogP contribution in [0.15, 0.2) is 34.1 Å². The van der Waals surface area contributed by atoms with Crippen molar-refractivity contribution in [2.75, 3.05) is 26.8 Å². The highest BCUT2D eigenvalue weighted by atomic mass is 35.5. The van der Waals surface area contributed by atoms with Gasteiger partial charge < -0.3 is 15.0 Å². The molecule has 2 aromatic rings. The molecular formula is C16H19Cl2N3O5S. The summed E-state index contributed by atoms with van der Waals surface area (Å²) in [6, 6.07) is 4.17. The van der Waals surface area contributed by atoms with E-state index >= 15 is 0 Å². The summed E-state index contributed by atoms with van der Waals surface area (Å²) < 4.78 is 32.2. The summed E-state index contributed by atoms with van der Waals surface area (Å²) in [5.74, 6) is -0.295. The first kappa shape index (κ1) is 21.6. The smallest absolute Gasteiger partial charge is 0.255 e. The zero-order valence-electron chi connectivity index (χ0n) is 14.4. The lowest BCUT2D eigenvalue weighted by atomic mass is 10.2. The number of nitrogens with one attached hydrogen (secondary N) is 2. The molecule has 1 amide bonds. The minimum absolute atomic E-state index is 0. The minimum atomic E-state index is -3.87. The van der Waals surface area contributed by atoms with Gasteiger partial charge in [-0.1, -0.05) is 17.7 Å². The van der Waals surface area contributed by atoms with Gasteiger partial charge in [0.25, 0.3) is 5.56 Å². The molecule has 0 bridgehead atoms. The molecule has 1 aliphatic rings. The molecule has 8 nitrogen and oxygen atoms in total. The number of carbonyl (C=O) groups excluding carboxylic acids is 1. The molecule has 1 atom stereocenters. The number of rotatable bonds is 5. The Balaban J connectivity index is 0.00000261. The Morgan fingerprint density at radius 3 is 2.89 bits per heavy atom. The third kappa shape index (κ3) is 4.27. The summed E-state index contributed by atoms with van der Waals surface area (Å²) in [6.45, 7) is 0.331. The van der Waals surface area contributed by atoms with Crippen LogP contribution in [0.5, 0.6) is 0 Å². The number of aromatic nitrogens is 1. The number of benzene rings is 1. The predicted molar refractivity (Wildman–Crippen MR) is 104 cm³/mol. The van der Waals surface area contributed by atoms with Crippen LogP contribution in [0.25, 0.3) is 10.8 Å². The van der Waals surface area contributed by atoms with E-state index in [0.29, 0.717) is 6.42 Å². The number of pyridine rings is 1. The van der Waals surface area contributed by atoms with E-state index in [4.69, 9.17) is 16.3 Å². The number of aromatic amines is 1. The topological polar surface area (TPSA) is 109 Å². The van der Waals surface area contributed by atoms with Crippen molar-refractivity contribution in [3.63, 3.8) is 0 Å². The molecule has 2 N–H and O–H groups in total. The van der Waals surface area contributed by atoms with Gasteiger partial charge in [0.1, 0.15) is 6.61 Å². The maximum atomic E-state index is 13.1. The van der Waals surface area contributed by atoms with Crippen LogP contribution in [-0.4, -0.2) is 56.5 Å². The number of sulfonamides is 1. The van der Waals surface area contributed by atoms with Crippen molar-refractivity contribution in [2.45, 2.75) is 17.4 Å². The second-order valence-electron chi connectivity index (χ2n) is 5.99. The highest BCUT2D eigenvalue weighted by molar-refractivity contribution is 7.89. The van der Waals surface area contributed by atoms with Crippen molar-refractivity contribution >= 4 is 50.7 Å². The molecule has 1 aliphatic heterocycles. The van der Waals surface area contributed by atoms with E-state index in [2.05, 4.69) is 10.3 Å². The molecule has 1 aromatic heterocycles. The van der Waals surface area contributed by atoms with Crippen LogP contribution in [-0.2, 0) is 19.6 Å². The van der Waals surface area contributed by atoms with Crippen LogP contribution in [0.4, 0.5) is 0 Å². The number of ether oxygens (including phenoxy) is 1. The maximum Gasteiger partial charge on any atom is 0.255 e. The predicted octanol–water partition coefficient (Wildman–Crippen LogP) is 1.13. The lowest BCUT2D eigenvalue weighted by molar-refractivity contribution is -0.125. The fraction of sp³-hybridized carbons (Fsp3) is 0.375. The second-order valence-corrected chi connectivity index (χ2v) is 8.31. The lowest BCUT2D eigenvalue weighted by Gasteiger charge is -2.18. The number of halogens is 2. The number of hydrogen-bond acceptors (Lipinski definition) is 5. The van der Waals surface area contributed by atoms with Gasteiger partial charge in [0, 0.05) is 43.2 Å². The average Bonchev–Trinajstić information content (AvgIpc) is 3.07. The van der Waals surface area contributed by atoms with Crippen molar-refractivity contribution in [2.24, 2.45) is 0 Å². The van der Waals surface area contributed by atoms with Gasteiger partial charge in [-0.3, -0.25) is 9.59 Å². The summed E-state index contributed by atoms with van der Waals surface area (Å²) in [5.41, 5.74) is -0.410. The molecule has 1 fully saturated rings. The molecule has 0 saturated carbocycles. The first-order valence-electron chi connectivity index (χ1n) is 7.93. The molecule has 0 spiro atoms. The molecule has 0 aliphatic carbocycles. The number of fused-ring (bicyclic) bond motifs is 1. The Morgan fingerprint density at radius 1 is 1.44 bits per heavy atom. The Hall–Kier alpha value is -1.65. The van der Waals surface area contributed by atoms with Crippen molar-refractivity contribution in [3.05, 3.63) is 39.8 Å². The third-order valence-electron chi connectivity index (χ3n) is 4.25. The molecule has 0 radical (unpaired) electrons. The summed E-state index contributed by atoms with van der Waals surface area (Å²) in [6.07, 6.45) is 1.77. The summed E-state index contributed by atoms with van der Waals surface area (Å²) >= 11 is 6.16. The fourth-order valence-corrected chi connectivity index (χ4v) is 5.11. The normalized spacial score (nSPS) is 17.6. The Labute approximate surface area is 167 Å². The second kappa shape index (κ2) is 8.57. The van der Waals surface area contributed by atoms with E-state index in [1.807, 2.05) is 0 Å². The standard InChI is InChI=1S/C16H18ClN3O5S.ClH/c1-25-9-14(21)19-10-5-6-20(8-10)26(23,24)13-4-2-3-11-15(13)12(17)7-18-16(11)22;/h2-4,7,10H,5-6,8-9H2,1H3,(H,18,22)(H,19,21);1H/t10-;/m1./s1. The quantitative estimate of drug-likeness (QED) is 0.731. The number of methoxy groups -OCH3 is 1. The highest BCUT2D eigenvalue weighted by Gasteiger charge is 2.34. The first-order valence-corrected chi connectivity index (χ1v) is 9.74. The Morgan fingerprint density at radius 2 is 2.19 bits per heavy atom.